The second kappa shape index (κ2) is 10.4. The van der Waals surface area contributed by atoms with Gasteiger partial charge < -0.3 is 10.1 Å². The maximum Gasteiger partial charge on any atom is 0.280 e. The fraction of sp³-hybridized carbons (Fsp3) is 0.333. The Bertz CT molecular complexity index is 1240. The van der Waals surface area contributed by atoms with Gasteiger partial charge in [0.2, 0.25) is 0 Å². The third-order valence-corrected chi connectivity index (χ3v) is 7.01. The molecule has 0 aliphatic heterocycles. The van der Waals surface area contributed by atoms with E-state index in [-0.39, 0.29) is 5.69 Å². The van der Waals surface area contributed by atoms with Crippen molar-refractivity contribution >= 4 is 24.7 Å². The van der Waals surface area contributed by atoms with Crippen LogP contribution in [-0.2, 0) is 18.0 Å². The molecule has 1 aromatic carbocycles. The number of pyridine rings is 1. The van der Waals surface area contributed by atoms with E-state index in [0.717, 1.165) is 22.6 Å². The molecule has 0 aliphatic carbocycles. The molecule has 0 bridgehead atoms. The summed E-state index contributed by atoms with van der Waals surface area (Å²) in [5.74, 6) is 0.671. The van der Waals surface area contributed by atoms with Crippen molar-refractivity contribution in [2.45, 2.75) is 45.4 Å². The van der Waals surface area contributed by atoms with Crippen LogP contribution < -0.4 is 5.32 Å². The van der Waals surface area contributed by atoms with Gasteiger partial charge in [0.25, 0.3) is 6.43 Å². The van der Waals surface area contributed by atoms with Crippen molar-refractivity contribution in [1.82, 2.24) is 24.7 Å². The molecular formula is C24H28F2N6OSi. The molecule has 7 nitrogen and oxygen atoms in total. The first-order valence-corrected chi connectivity index (χ1v) is 14.8. The van der Waals surface area contributed by atoms with Crippen LogP contribution in [0.2, 0.25) is 25.7 Å². The van der Waals surface area contributed by atoms with Gasteiger partial charge in [0.05, 0.1) is 12.1 Å². The zero-order valence-corrected chi connectivity index (χ0v) is 20.5. The molecule has 0 radical (unpaired) electrons. The number of rotatable bonds is 10. The van der Waals surface area contributed by atoms with Crippen molar-refractivity contribution in [2.75, 3.05) is 11.9 Å². The van der Waals surface area contributed by atoms with Crippen molar-refractivity contribution in [1.29, 1.82) is 0 Å². The van der Waals surface area contributed by atoms with Crippen LogP contribution >= 0.6 is 0 Å². The molecule has 0 amide bonds. The second-order valence-corrected chi connectivity index (χ2v) is 14.8. The number of anilines is 1. The van der Waals surface area contributed by atoms with Gasteiger partial charge in [-0.2, -0.15) is 5.10 Å². The number of benzene rings is 1. The fourth-order valence-corrected chi connectivity index (χ4v) is 4.20. The molecule has 0 saturated carbocycles. The first-order chi connectivity index (χ1) is 16.3. The lowest BCUT2D eigenvalue weighted by atomic mass is 10.1. The number of hydrogen-bond acceptors (Lipinski definition) is 6. The Hall–Kier alpha value is -3.24. The number of halogens is 2. The highest BCUT2D eigenvalue weighted by atomic mass is 28.3. The molecule has 4 aromatic rings. The largest absolute Gasteiger partial charge is 0.378 e. The summed E-state index contributed by atoms with van der Waals surface area (Å²) in [7, 11) is -1.21. The van der Waals surface area contributed by atoms with Crippen LogP contribution in [0.5, 0.6) is 0 Å². The zero-order valence-electron chi connectivity index (χ0n) is 19.5. The van der Waals surface area contributed by atoms with Crippen LogP contribution in [0.4, 0.5) is 14.5 Å². The topological polar surface area (TPSA) is 77.8 Å². The Kier molecular flexibility index (Phi) is 7.28. The lowest BCUT2D eigenvalue weighted by Gasteiger charge is -2.15. The number of alkyl halides is 2. The van der Waals surface area contributed by atoms with Gasteiger partial charge in [0.1, 0.15) is 23.9 Å². The average Bonchev–Trinajstić information content (AvgIpc) is 3.18. The molecule has 0 atom stereocenters. The Balaban J connectivity index is 1.65. The van der Waals surface area contributed by atoms with E-state index in [9.17, 15) is 8.78 Å². The summed E-state index contributed by atoms with van der Waals surface area (Å²) < 4.78 is 34.3. The molecule has 10 heteroatoms. The summed E-state index contributed by atoms with van der Waals surface area (Å²) in [5.41, 5.74) is 2.62. The molecule has 0 spiro atoms. The molecule has 34 heavy (non-hydrogen) atoms. The molecule has 0 saturated heterocycles. The Morgan fingerprint density at radius 3 is 2.56 bits per heavy atom. The minimum Gasteiger partial charge on any atom is -0.378 e. The number of ether oxygens (including phenoxy) is 1. The van der Waals surface area contributed by atoms with Crippen LogP contribution in [0.25, 0.3) is 22.2 Å². The van der Waals surface area contributed by atoms with Gasteiger partial charge in [-0.3, -0.25) is 4.98 Å². The Morgan fingerprint density at radius 1 is 1.03 bits per heavy atom. The summed E-state index contributed by atoms with van der Waals surface area (Å²) in [6.45, 7) is 8.32. The minimum atomic E-state index is -2.65. The number of nitrogens with zero attached hydrogens (tertiary/aromatic N) is 5. The van der Waals surface area contributed by atoms with Gasteiger partial charge in [-0.1, -0.05) is 19.6 Å². The highest BCUT2D eigenvalue weighted by molar-refractivity contribution is 6.76. The summed E-state index contributed by atoms with van der Waals surface area (Å²) in [6, 6.07) is 11.8. The van der Waals surface area contributed by atoms with E-state index in [4.69, 9.17) is 9.84 Å². The molecule has 3 heterocycles. The van der Waals surface area contributed by atoms with Gasteiger partial charge >= 0.3 is 0 Å². The second-order valence-electron chi connectivity index (χ2n) is 9.22. The van der Waals surface area contributed by atoms with E-state index in [2.05, 4.69) is 39.9 Å². The predicted molar refractivity (Wildman–Crippen MR) is 131 cm³/mol. The van der Waals surface area contributed by atoms with Crippen LogP contribution in [0.15, 0.2) is 55.0 Å². The monoisotopic (exact) mass is 482 g/mol. The van der Waals surface area contributed by atoms with Gasteiger partial charge in [-0.05, 0) is 42.4 Å². The van der Waals surface area contributed by atoms with Crippen LogP contribution in [-0.4, -0.2) is 39.4 Å². The lowest BCUT2D eigenvalue weighted by molar-refractivity contribution is 0.0818. The highest BCUT2D eigenvalue weighted by Gasteiger charge is 2.17. The van der Waals surface area contributed by atoms with Crippen molar-refractivity contribution in [2.24, 2.45) is 0 Å². The summed E-state index contributed by atoms with van der Waals surface area (Å²) in [5, 5.41) is 8.88. The number of nitrogens with one attached hydrogen (secondary N) is 1. The molecule has 0 unspecified atom stereocenters. The maximum atomic E-state index is 13.3. The van der Waals surface area contributed by atoms with Gasteiger partial charge in [0.15, 0.2) is 0 Å². The van der Waals surface area contributed by atoms with Gasteiger partial charge in [-0.15, -0.1) is 0 Å². The SMILES string of the molecule is C[Si](C)(C)CCOCn1nc(-c2ccnc(C(F)F)c2)c2cc(NCc3ncccn3)ccc21. The van der Waals surface area contributed by atoms with E-state index in [1.165, 1.54) is 12.3 Å². The van der Waals surface area contributed by atoms with Gasteiger partial charge in [0, 0.05) is 49.9 Å². The smallest absolute Gasteiger partial charge is 0.280 e. The zero-order chi connectivity index (χ0) is 24.1. The molecule has 0 aliphatic rings. The van der Waals surface area contributed by atoms with Crippen LogP contribution in [0.1, 0.15) is 17.9 Å². The molecular weight excluding hydrogens is 454 g/mol. The predicted octanol–water partition coefficient (Wildman–Crippen LogP) is 5.75. The number of fused-ring (bicyclic) bond motifs is 1. The highest BCUT2D eigenvalue weighted by Crippen LogP contribution is 2.32. The normalized spacial score (nSPS) is 11.9. The van der Waals surface area contributed by atoms with Crippen molar-refractivity contribution < 1.29 is 13.5 Å². The number of hydrogen-bond donors (Lipinski definition) is 1. The molecule has 1 N–H and O–H groups in total. The molecule has 4 rings (SSSR count). The maximum absolute atomic E-state index is 13.3. The van der Waals surface area contributed by atoms with E-state index in [1.807, 2.05) is 18.2 Å². The number of aromatic nitrogens is 5. The first-order valence-electron chi connectivity index (χ1n) is 11.1. The van der Waals surface area contributed by atoms with Crippen molar-refractivity contribution in [3.05, 3.63) is 66.5 Å². The quantitative estimate of drug-likeness (QED) is 0.229. The lowest BCUT2D eigenvalue weighted by Crippen LogP contribution is -2.22. The summed E-state index contributed by atoms with van der Waals surface area (Å²) in [6.07, 6.45) is 2.13. The third-order valence-electron chi connectivity index (χ3n) is 5.31. The standard InChI is InChI=1S/C24H28F2N6OSi/c1-34(2,3)12-11-33-16-32-21-6-5-18(30-15-22-28-8-4-9-29-22)14-19(21)23(31-32)17-7-10-27-20(13-17)24(25)26/h4-10,13-14,24,30H,11-12,15-16H2,1-3H3. The van der Waals surface area contributed by atoms with Crippen molar-refractivity contribution in [3.8, 4) is 11.3 Å². The molecule has 178 valence electrons. The average molecular weight is 483 g/mol. The molecule has 3 aromatic heterocycles. The van der Waals surface area contributed by atoms with Gasteiger partial charge in [-0.25, -0.2) is 23.4 Å². The van der Waals surface area contributed by atoms with Crippen LogP contribution in [0.3, 0.4) is 0 Å². The van der Waals surface area contributed by atoms with E-state index < -0.39 is 14.5 Å². The fourth-order valence-electron chi connectivity index (χ4n) is 3.45. The van der Waals surface area contributed by atoms with Crippen molar-refractivity contribution in [3.63, 3.8) is 0 Å². The summed E-state index contributed by atoms with van der Waals surface area (Å²) in [4.78, 5) is 12.2. The first kappa shape index (κ1) is 23.9. The van der Waals surface area contributed by atoms with E-state index >= 15 is 0 Å². The Labute approximate surface area is 198 Å². The molecule has 0 fully saturated rings. The Morgan fingerprint density at radius 2 is 1.82 bits per heavy atom. The van der Waals surface area contributed by atoms with E-state index in [0.29, 0.717) is 37.0 Å². The minimum absolute atomic E-state index is 0.276. The van der Waals surface area contributed by atoms with Crippen LogP contribution in [0, 0.1) is 0 Å². The third kappa shape index (κ3) is 6.00. The van der Waals surface area contributed by atoms with E-state index in [1.54, 1.807) is 29.2 Å². The summed E-state index contributed by atoms with van der Waals surface area (Å²) >= 11 is 0.